The third kappa shape index (κ3) is 6.91. The molecule has 0 heterocycles. The molecule has 4 rings (SSSR count). The van der Waals surface area contributed by atoms with Gasteiger partial charge in [-0.2, -0.15) is 5.10 Å². The van der Waals surface area contributed by atoms with Crippen LogP contribution in [-0.4, -0.2) is 24.0 Å². The summed E-state index contributed by atoms with van der Waals surface area (Å²) in [7, 11) is 0. The lowest BCUT2D eigenvalue weighted by atomic mass is 10.1. The van der Waals surface area contributed by atoms with E-state index in [9.17, 15) is 14.4 Å². The molecule has 0 atom stereocenters. The molecule has 37 heavy (non-hydrogen) atoms. The Morgan fingerprint density at radius 1 is 0.811 bits per heavy atom. The Balaban J connectivity index is 1.40. The SMILES string of the molecule is O=C(NN=Cc1ccccc1OC(=O)c1ccc(Br)cc1)c1cccc(NC(=O)c2ccccc2Cl)c1. The fraction of sp³-hybridized carbons (Fsp3) is 0. The van der Waals surface area contributed by atoms with Crippen molar-refractivity contribution in [1.82, 2.24) is 5.43 Å². The molecule has 0 fully saturated rings. The number of anilines is 1. The van der Waals surface area contributed by atoms with E-state index >= 15 is 0 Å². The number of carbonyl (C=O) groups is 3. The van der Waals surface area contributed by atoms with Crippen LogP contribution in [0.1, 0.15) is 36.6 Å². The number of nitrogens with one attached hydrogen (secondary N) is 2. The molecular weight excluding hydrogens is 558 g/mol. The van der Waals surface area contributed by atoms with Gasteiger partial charge in [0.15, 0.2) is 0 Å². The molecule has 4 aromatic rings. The largest absolute Gasteiger partial charge is 0.422 e. The molecule has 0 aliphatic heterocycles. The molecule has 0 radical (unpaired) electrons. The summed E-state index contributed by atoms with van der Waals surface area (Å²) in [4.78, 5) is 37.6. The summed E-state index contributed by atoms with van der Waals surface area (Å²) < 4.78 is 6.35. The van der Waals surface area contributed by atoms with Crippen molar-refractivity contribution >= 4 is 57.2 Å². The van der Waals surface area contributed by atoms with E-state index in [0.717, 1.165) is 4.47 Å². The lowest BCUT2D eigenvalue weighted by Crippen LogP contribution is -2.18. The Bertz CT molecular complexity index is 1490. The number of ether oxygens (including phenoxy) is 1. The second kappa shape index (κ2) is 12.1. The maximum Gasteiger partial charge on any atom is 0.343 e. The highest BCUT2D eigenvalue weighted by Crippen LogP contribution is 2.20. The minimum atomic E-state index is -0.520. The second-order valence-electron chi connectivity index (χ2n) is 7.65. The van der Waals surface area contributed by atoms with Crippen molar-refractivity contribution in [3.63, 3.8) is 0 Å². The van der Waals surface area contributed by atoms with Crippen molar-refractivity contribution in [2.24, 2.45) is 5.10 Å². The van der Waals surface area contributed by atoms with Crippen LogP contribution in [0.5, 0.6) is 5.75 Å². The topological polar surface area (TPSA) is 96.9 Å². The molecule has 0 saturated carbocycles. The van der Waals surface area contributed by atoms with Crippen LogP contribution in [0.3, 0.4) is 0 Å². The number of hydrogen-bond donors (Lipinski definition) is 2. The van der Waals surface area contributed by atoms with Crippen LogP contribution in [0.15, 0.2) is 107 Å². The van der Waals surface area contributed by atoms with Crippen LogP contribution >= 0.6 is 27.5 Å². The molecule has 0 aromatic heterocycles. The van der Waals surface area contributed by atoms with Gasteiger partial charge in [0.1, 0.15) is 5.75 Å². The molecule has 0 spiro atoms. The van der Waals surface area contributed by atoms with Crippen LogP contribution < -0.4 is 15.5 Å². The fourth-order valence-electron chi connectivity index (χ4n) is 3.23. The fourth-order valence-corrected chi connectivity index (χ4v) is 3.72. The van der Waals surface area contributed by atoms with E-state index in [2.05, 4.69) is 31.8 Å². The molecule has 9 heteroatoms. The molecule has 2 amide bonds. The first-order valence-electron chi connectivity index (χ1n) is 11.0. The summed E-state index contributed by atoms with van der Waals surface area (Å²) in [6, 6.07) is 26.7. The lowest BCUT2D eigenvalue weighted by Gasteiger charge is -2.08. The third-order valence-electron chi connectivity index (χ3n) is 5.07. The lowest BCUT2D eigenvalue weighted by molar-refractivity contribution is 0.0734. The van der Waals surface area contributed by atoms with Crippen LogP contribution in [-0.2, 0) is 0 Å². The summed E-state index contributed by atoms with van der Waals surface area (Å²) in [5, 5.41) is 7.04. The summed E-state index contributed by atoms with van der Waals surface area (Å²) >= 11 is 9.41. The predicted octanol–water partition coefficient (Wildman–Crippen LogP) is 6.34. The van der Waals surface area contributed by atoms with Crippen molar-refractivity contribution in [3.8, 4) is 5.75 Å². The zero-order valence-corrected chi connectivity index (χ0v) is 21.5. The first-order valence-corrected chi connectivity index (χ1v) is 12.1. The van der Waals surface area contributed by atoms with E-state index in [1.165, 1.54) is 12.3 Å². The number of amides is 2. The van der Waals surface area contributed by atoms with E-state index in [1.807, 2.05) is 0 Å². The minimum Gasteiger partial charge on any atom is -0.422 e. The van der Waals surface area contributed by atoms with E-state index in [4.69, 9.17) is 16.3 Å². The van der Waals surface area contributed by atoms with Crippen molar-refractivity contribution in [2.75, 3.05) is 5.32 Å². The van der Waals surface area contributed by atoms with Gasteiger partial charge in [-0.1, -0.05) is 57.9 Å². The number of hydrazone groups is 1. The molecule has 0 saturated heterocycles. The van der Waals surface area contributed by atoms with E-state index in [-0.39, 0.29) is 11.3 Å². The van der Waals surface area contributed by atoms with Gasteiger partial charge in [0.25, 0.3) is 11.8 Å². The van der Waals surface area contributed by atoms with Crippen LogP contribution in [0.4, 0.5) is 5.69 Å². The second-order valence-corrected chi connectivity index (χ2v) is 8.97. The van der Waals surface area contributed by atoms with Crippen LogP contribution in [0, 0.1) is 0 Å². The van der Waals surface area contributed by atoms with Crippen molar-refractivity contribution in [2.45, 2.75) is 0 Å². The highest BCUT2D eigenvalue weighted by Gasteiger charge is 2.13. The number of nitrogens with zero attached hydrogens (tertiary/aromatic N) is 1. The van der Waals surface area contributed by atoms with Gasteiger partial charge in [-0.3, -0.25) is 9.59 Å². The Morgan fingerprint density at radius 2 is 1.54 bits per heavy atom. The molecule has 7 nitrogen and oxygen atoms in total. The van der Waals surface area contributed by atoms with Crippen molar-refractivity contribution in [1.29, 1.82) is 0 Å². The number of para-hydroxylation sites is 1. The summed E-state index contributed by atoms with van der Waals surface area (Å²) in [5.41, 5.74) is 4.35. The first-order chi connectivity index (χ1) is 17.9. The molecule has 4 aromatic carbocycles. The maximum atomic E-state index is 12.6. The number of rotatable bonds is 7. The number of benzene rings is 4. The molecule has 0 aliphatic carbocycles. The monoisotopic (exact) mass is 575 g/mol. The molecule has 184 valence electrons. The van der Waals surface area contributed by atoms with Gasteiger partial charge < -0.3 is 10.1 Å². The summed E-state index contributed by atoms with van der Waals surface area (Å²) in [6.45, 7) is 0. The predicted molar refractivity (Wildman–Crippen MR) is 146 cm³/mol. The van der Waals surface area contributed by atoms with Gasteiger partial charge in [-0.05, 0) is 66.7 Å². The Morgan fingerprint density at radius 3 is 2.32 bits per heavy atom. The smallest absolute Gasteiger partial charge is 0.343 e. The average molecular weight is 577 g/mol. The normalized spacial score (nSPS) is 10.6. The highest BCUT2D eigenvalue weighted by molar-refractivity contribution is 9.10. The Labute approximate surface area is 226 Å². The zero-order chi connectivity index (χ0) is 26.2. The number of hydrogen-bond acceptors (Lipinski definition) is 5. The van der Waals surface area contributed by atoms with Gasteiger partial charge in [0.2, 0.25) is 0 Å². The number of esters is 1. The molecular formula is C28H19BrClN3O4. The Kier molecular flexibility index (Phi) is 8.45. The van der Waals surface area contributed by atoms with Crippen LogP contribution in [0.25, 0.3) is 0 Å². The highest BCUT2D eigenvalue weighted by atomic mass is 79.9. The van der Waals surface area contributed by atoms with E-state index in [1.54, 1.807) is 91.0 Å². The minimum absolute atomic E-state index is 0.282. The third-order valence-corrected chi connectivity index (χ3v) is 5.93. The van der Waals surface area contributed by atoms with E-state index in [0.29, 0.717) is 27.4 Å². The van der Waals surface area contributed by atoms with Gasteiger partial charge >= 0.3 is 5.97 Å². The standard InChI is InChI=1S/C28H19BrClN3O4/c29-21-14-12-18(13-15-21)28(36)37-25-11-4-1-6-20(25)17-31-33-26(34)19-7-5-8-22(16-19)32-27(35)23-9-2-3-10-24(23)30/h1-17H,(H,32,35)(H,33,34). The van der Waals surface area contributed by atoms with Gasteiger partial charge in [0.05, 0.1) is 22.4 Å². The number of halogens is 2. The summed E-state index contributed by atoms with van der Waals surface area (Å²) in [6.07, 6.45) is 1.38. The molecule has 0 bridgehead atoms. The maximum absolute atomic E-state index is 12.6. The van der Waals surface area contributed by atoms with Gasteiger partial charge in [0, 0.05) is 21.3 Å². The molecule has 0 unspecified atom stereocenters. The van der Waals surface area contributed by atoms with Crippen molar-refractivity contribution in [3.05, 3.63) is 129 Å². The van der Waals surface area contributed by atoms with Crippen molar-refractivity contribution < 1.29 is 19.1 Å². The molecule has 2 N–H and O–H groups in total. The van der Waals surface area contributed by atoms with Gasteiger partial charge in [-0.15, -0.1) is 0 Å². The molecule has 0 aliphatic rings. The Hall–Kier alpha value is -4.27. The van der Waals surface area contributed by atoms with E-state index < -0.39 is 17.8 Å². The number of carbonyl (C=O) groups excluding carboxylic acids is 3. The zero-order valence-electron chi connectivity index (χ0n) is 19.2. The average Bonchev–Trinajstić information content (AvgIpc) is 2.90. The quantitative estimate of drug-likeness (QED) is 0.116. The summed E-state index contributed by atoms with van der Waals surface area (Å²) in [5.74, 6) is -1.12. The van der Waals surface area contributed by atoms with Gasteiger partial charge in [-0.25, -0.2) is 10.2 Å². The van der Waals surface area contributed by atoms with Crippen LogP contribution in [0.2, 0.25) is 5.02 Å². The first kappa shape index (κ1) is 25.8.